The van der Waals surface area contributed by atoms with E-state index in [1.165, 1.54) is 6.08 Å². The Bertz CT molecular complexity index is 1130. The second-order valence-corrected chi connectivity index (χ2v) is 11.2. The molecule has 0 N–H and O–H groups in total. The Labute approximate surface area is 160 Å². The van der Waals surface area contributed by atoms with Crippen molar-refractivity contribution in [1.29, 1.82) is 0 Å². The summed E-state index contributed by atoms with van der Waals surface area (Å²) in [5.41, 5.74) is -6.23. The van der Waals surface area contributed by atoms with E-state index in [2.05, 4.69) is 0 Å². The highest BCUT2D eigenvalue weighted by Crippen LogP contribution is 2.40. The van der Waals surface area contributed by atoms with Gasteiger partial charge in [0.15, 0.2) is 14.1 Å². The Morgan fingerprint density at radius 2 is 1.64 bits per heavy atom. The van der Waals surface area contributed by atoms with Crippen molar-refractivity contribution in [3.8, 4) is 0 Å². The predicted octanol–water partition coefficient (Wildman–Crippen LogP) is 2.49. The first-order chi connectivity index (χ1) is 12.9. The average Bonchev–Trinajstić information content (AvgIpc) is 2.60. The van der Waals surface area contributed by atoms with Crippen molar-refractivity contribution in [1.82, 2.24) is 0 Å². The van der Waals surface area contributed by atoms with E-state index in [4.69, 9.17) is 0 Å². The van der Waals surface area contributed by atoms with Gasteiger partial charge in [0, 0.05) is 0 Å². The molecule has 154 valence electrons. The molecule has 0 heterocycles. The van der Waals surface area contributed by atoms with E-state index in [1.54, 1.807) is 24.3 Å². The molecule has 2 aliphatic carbocycles. The van der Waals surface area contributed by atoms with Crippen molar-refractivity contribution >= 4 is 31.8 Å². The smallest absolute Gasteiger partial charge is 0.247 e. The third-order valence-corrected chi connectivity index (χ3v) is 9.74. The number of halogens is 4. The van der Waals surface area contributed by atoms with E-state index < -0.39 is 52.8 Å². The van der Waals surface area contributed by atoms with Crippen LogP contribution in [0.3, 0.4) is 0 Å². The van der Waals surface area contributed by atoms with Gasteiger partial charge in [-0.2, -0.15) is 13.2 Å². The van der Waals surface area contributed by atoms with Crippen molar-refractivity contribution in [2.75, 3.05) is 0 Å². The zero-order chi connectivity index (χ0) is 20.7. The number of sulfone groups is 2. The fourth-order valence-electron chi connectivity index (χ4n) is 3.57. The van der Waals surface area contributed by atoms with Crippen LogP contribution in [0.1, 0.15) is 32.1 Å². The lowest BCUT2D eigenvalue weighted by atomic mass is 9.98. The minimum absolute atomic E-state index is 0.0762. The molecule has 2 unspecified atom stereocenters. The molecule has 10 heteroatoms. The van der Waals surface area contributed by atoms with Crippen LogP contribution in [0.4, 0.5) is 17.6 Å². The van der Waals surface area contributed by atoms with Gasteiger partial charge in [0.1, 0.15) is 6.17 Å². The van der Waals surface area contributed by atoms with Gasteiger partial charge in [-0.25, -0.2) is 21.2 Å². The zero-order valence-electron chi connectivity index (χ0n) is 14.6. The largest absolute Gasteiger partial charge is 0.502 e. The molecule has 1 aromatic rings. The summed E-state index contributed by atoms with van der Waals surface area (Å²) in [6, 6.07) is 6.54. The number of alkyl halides is 4. The summed E-state index contributed by atoms with van der Waals surface area (Å²) in [6.07, 6.45) is 0.546. The fraction of sp³-hybridized carbons (Fsp3) is 0.444. The minimum Gasteiger partial charge on any atom is -0.247 e. The number of allylic oxidation sites excluding steroid dienone is 1. The SMILES string of the molecule is O=S(=O)(/C(=C1\C=c2ccccc2=CC1)S(=O)(=O)C(F)(F)F)C1CCCC(F)C1. The van der Waals surface area contributed by atoms with E-state index in [-0.39, 0.29) is 25.7 Å². The summed E-state index contributed by atoms with van der Waals surface area (Å²) in [7, 11) is -11.1. The molecule has 0 bridgehead atoms. The molecule has 0 aromatic heterocycles. The fourth-order valence-corrected chi connectivity index (χ4v) is 7.93. The van der Waals surface area contributed by atoms with Gasteiger partial charge < -0.3 is 0 Å². The molecule has 1 saturated carbocycles. The first-order valence-electron chi connectivity index (χ1n) is 8.64. The topological polar surface area (TPSA) is 68.3 Å². The lowest BCUT2D eigenvalue weighted by Gasteiger charge is -2.26. The molecule has 0 saturated heterocycles. The standard InChI is InChI=1S/C18H18F4O4S2/c19-15-6-3-7-16(11-15)27(23,24)17(28(25,26)18(20,21)22)14-9-8-12-4-1-2-5-13(12)10-14/h1-2,4-5,8,10,15-16H,3,6-7,9,11H2/b17-14+. The maximum absolute atomic E-state index is 13.7. The average molecular weight is 438 g/mol. The van der Waals surface area contributed by atoms with Crippen molar-refractivity contribution < 1.29 is 34.4 Å². The van der Waals surface area contributed by atoms with Gasteiger partial charge in [-0.05, 0) is 54.2 Å². The maximum atomic E-state index is 13.7. The molecule has 2 aliphatic rings. The Hall–Kier alpha value is -1.68. The van der Waals surface area contributed by atoms with Crippen LogP contribution in [0.25, 0.3) is 12.2 Å². The Kier molecular flexibility index (Phi) is 5.48. The van der Waals surface area contributed by atoms with Crippen LogP contribution in [0.2, 0.25) is 0 Å². The molecule has 0 radical (unpaired) electrons. The van der Waals surface area contributed by atoms with Gasteiger partial charge in [-0.15, -0.1) is 0 Å². The Morgan fingerprint density at radius 3 is 2.25 bits per heavy atom. The Morgan fingerprint density at radius 1 is 1.00 bits per heavy atom. The maximum Gasteiger partial charge on any atom is 0.502 e. The summed E-state index contributed by atoms with van der Waals surface area (Å²) in [6.45, 7) is 0. The summed E-state index contributed by atoms with van der Waals surface area (Å²) in [5.74, 6) is 0. The van der Waals surface area contributed by atoms with Crippen molar-refractivity contribution in [3.05, 3.63) is 44.5 Å². The van der Waals surface area contributed by atoms with E-state index in [0.717, 1.165) is 6.08 Å². The Balaban J connectivity index is 2.28. The van der Waals surface area contributed by atoms with Crippen LogP contribution < -0.4 is 10.4 Å². The molecular weight excluding hydrogens is 420 g/mol. The highest BCUT2D eigenvalue weighted by Gasteiger charge is 2.54. The van der Waals surface area contributed by atoms with Crippen LogP contribution in [-0.4, -0.2) is 33.8 Å². The second kappa shape index (κ2) is 7.29. The van der Waals surface area contributed by atoms with Crippen molar-refractivity contribution in [2.24, 2.45) is 0 Å². The molecule has 0 aliphatic heterocycles. The molecule has 0 spiro atoms. The molecular formula is C18H18F4O4S2. The lowest BCUT2D eigenvalue weighted by molar-refractivity contribution is -0.0425. The van der Waals surface area contributed by atoms with Crippen LogP contribution in [0, 0.1) is 0 Å². The first kappa shape index (κ1) is 21.0. The minimum atomic E-state index is -6.15. The summed E-state index contributed by atoms with van der Waals surface area (Å²) < 4.78 is 103. The van der Waals surface area contributed by atoms with Gasteiger partial charge in [-0.3, -0.25) is 0 Å². The number of rotatable bonds is 3. The van der Waals surface area contributed by atoms with E-state index in [9.17, 15) is 34.4 Å². The first-order valence-corrected chi connectivity index (χ1v) is 11.7. The third kappa shape index (κ3) is 3.76. The van der Waals surface area contributed by atoms with Gasteiger partial charge in [0.2, 0.25) is 0 Å². The van der Waals surface area contributed by atoms with Crippen LogP contribution >= 0.6 is 0 Å². The molecule has 0 amide bonds. The number of benzene rings is 1. The second-order valence-electron chi connectivity index (χ2n) is 6.87. The molecule has 1 fully saturated rings. The monoisotopic (exact) mass is 438 g/mol. The molecule has 4 nitrogen and oxygen atoms in total. The number of hydrogen-bond acceptors (Lipinski definition) is 4. The third-order valence-electron chi connectivity index (χ3n) is 4.94. The highest BCUT2D eigenvalue weighted by molar-refractivity contribution is 8.15. The molecule has 3 rings (SSSR count). The normalized spacial score (nSPS) is 25.3. The number of fused-ring (bicyclic) bond motifs is 1. The summed E-state index contributed by atoms with van der Waals surface area (Å²) in [4.78, 5) is 0. The van der Waals surface area contributed by atoms with E-state index in [0.29, 0.717) is 10.4 Å². The molecule has 2 atom stereocenters. The summed E-state index contributed by atoms with van der Waals surface area (Å²) >= 11 is 0. The quantitative estimate of drug-likeness (QED) is 0.680. The molecule has 1 aromatic carbocycles. The van der Waals surface area contributed by atoms with Gasteiger partial charge in [0.25, 0.3) is 9.84 Å². The van der Waals surface area contributed by atoms with Gasteiger partial charge in [0.05, 0.1) is 5.25 Å². The van der Waals surface area contributed by atoms with E-state index >= 15 is 0 Å². The van der Waals surface area contributed by atoms with Gasteiger partial charge in [-0.1, -0.05) is 30.3 Å². The highest BCUT2D eigenvalue weighted by atomic mass is 32.3. The van der Waals surface area contributed by atoms with Crippen molar-refractivity contribution in [2.45, 2.75) is 49.0 Å². The van der Waals surface area contributed by atoms with Crippen molar-refractivity contribution in [3.63, 3.8) is 0 Å². The van der Waals surface area contributed by atoms with Crippen LogP contribution in [-0.2, 0) is 19.7 Å². The van der Waals surface area contributed by atoms with Crippen LogP contribution in [0.15, 0.2) is 34.1 Å². The number of hydrogen-bond donors (Lipinski definition) is 0. The zero-order valence-corrected chi connectivity index (χ0v) is 16.2. The van der Waals surface area contributed by atoms with Gasteiger partial charge >= 0.3 is 5.51 Å². The van der Waals surface area contributed by atoms with Crippen LogP contribution in [0.5, 0.6) is 0 Å². The molecule has 28 heavy (non-hydrogen) atoms. The predicted molar refractivity (Wildman–Crippen MR) is 97.3 cm³/mol. The van der Waals surface area contributed by atoms with E-state index in [1.807, 2.05) is 0 Å². The lowest BCUT2D eigenvalue weighted by Crippen LogP contribution is -2.37. The summed E-state index contributed by atoms with van der Waals surface area (Å²) in [5, 5.41) is -0.420.